The van der Waals surface area contributed by atoms with Crippen molar-refractivity contribution in [2.75, 3.05) is 39.6 Å². The highest BCUT2D eigenvalue weighted by Crippen LogP contribution is 2.45. The number of hydrogen-bond acceptors (Lipinski definition) is 15. The van der Waals surface area contributed by atoms with Gasteiger partial charge in [0.1, 0.15) is 19.3 Å². The summed E-state index contributed by atoms with van der Waals surface area (Å²) in [5.41, 5.74) is 0. The van der Waals surface area contributed by atoms with Crippen LogP contribution in [0.5, 0.6) is 0 Å². The maximum Gasteiger partial charge on any atom is 0.472 e. The Labute approximate surface area is 643 Å². The number of carbonyl (C=O) groups is 4. The lowest BCUT2D eigenvalue weighted by Crippen LogP contribution is -2.30. The molecule has 0 bridgehead atoms. The molecule has 19 heteroatoms. The molecule has 0 fully saturated rings. The van der Waals surface area contributed by atoms with Crippen molar-refractivity contribution >= 4 is 39.5 Å². The first kappa shape index (κ1) is 101. The van der Waals surface area contributed by atoms with E-state index in [0.717, 1.165) is 167 Å². The molecule has 0 saturated heterocycles. The number of phosphoric acid groups is 2. The Morgan fingerprint density at radius 1 is 0.274 bits per heavy atom. The summed E-state index contributed by atoms with van der Waals surface area (Å²) in [7, 11) is -9.99. The van der Waals surface area contributed by atoms with Gasteiger partial charge in [-0.15, -0.1) is 0 Å². The molecule has 3 N–H and O–H groups in total. The van der Waals surface area contributed by atoms with Crippen LogP contribution in [0, 0.1) is 0 Å². The Hall–Kier alpha value is -5.06. The lowest BCUT2D eigenvalue weighted by molar-refractivity contribution is -0.161. The van der Waals surface area contributed by atoms with E-state index in [1.165, 1.54) is 70.6 Å². The zero-order valence-electron chi connectivity index (χ0n) is 66.3. The third kappa shape index (κ3) is 77.1. The van der Waals surface area contributed by atoms with Gasteiger partial charge in [0.15, 0.2) is 12.2 Å². The van der Waals surface area contributed by atoms with Crippen LogP contribution in [0.4, 0.5) is 0 Å². The van der Waals surface area contributed by atoms with Gasteiger partial charge in [0.2, 0.25) is 0 Å². The molecule has 0 spiro atoms. The molecule has 5 unspecified atom stereocenters. The van der Waals surface area contributed by atoms with Crippen LogP contribution < -0.4 is 0 Å². The number of ether oxygens (including phenoxy) is 4. The highest BCUT2D eigenvalue weighted by atomic mass is 31.2. The van der Waals surface area contributed by atoms with E-state index in [9.17, 15) is 43.2 Å². The number of phosphoric ester groups is 2. The maximum absolute atomic E-state index is 13.1. The second-order valence-corrected chi connectivity index (χ2v) is 29.9. The van der Waals surface area contributed by atoms with Gasteiger partial charge in [-0.1, -0.05) is 308 Å². The molecule has 0 aliphatic rings. The standard InChI is InChI=1S/C87H146O17P2/c1-5-9-13-17-21-25-29-33-36-38-40-42-45-48-51-55-59-63-67-71-84(89)97-77-82(103-86(91)73-69-65-61-57-53-47-32-28-24-20-16-12-8-4)79-101-105(93,94)99-75-81(88)76-100-106(95,96)102-80-83(104-87(92)74-70-66-62-58-54-50-44-35-31-27-23-19-15-11-7-3)78-98-85(90)72-68-64-60-56-52-49-46-43-41-39-37-34-30-26-22-18-14-10-6-2/h9,11,13,15,21-23,25-27,33-37,40-44,48,51,59,63,81-83,88H,5-8,10,12,14,16-20,24,28-32,38-39,45-47,49-50,52-58,60-62,64-80H2,1-4H3,(H,93,94)(H,95,96)/b13-9-,15-11-,25-21-,26-22-,27-23-,36-33-,37-34-,42-40-,43-41-,44-35-,51-48-,63-59-. The van der Waals surface area contributed by atoms with Gasteiger partial charge in [0.25, 0.3) is 0 Å². The number of carbonyl (C=O) groups excluding carboxylic acids is 4. The minimum absolute atomic E-state index is 0.0343. The first-order valence-corrected chi connectivity index (χ1v) is 44.1. The minimum Gasteiger partial charge on any atom is -0.462 e. The van der Waals surface area contributed by atoms with Crippen molar-refractivity contribution in [2.45, 2.75) is 341 Å². The third-order valence-corrected chi connectivity index (χ3v) is 18.7. The zero-order chi connectivity index (χ0) is 77.4. The van der Waals surface area contributed by atoms with Crippen molar-refractivity contribution < 1.29 is 80.2 Å². The molecule has 0 aliphatic carbocycles. The van der Waals surface area contributed by atoms with Crippen LogP contribution in [0.3, 0.4) is 0 Å². The fraction of sp³-hybridized carbons (Fsp3) is 0.678. The van der Waals surface area contributed by atoms with Crippen LogP contribution in [0.15, 0.2) is 146 Å². The number of aliphatic hydroxyl groups excluding tert-OH is 1. The minimum atomic E-state index is -5.00. The fourth-order valence-corrected chi connectivity index (χ4v) is 12.2. The highest BCUT2D eigenvalue weighted by molar-refractivity contribution is 7.47. The first-order chi connectivity index (χ1) is 51.7. The quantitative estimate of drug-likeness (QED) is 0.0169. The van der Waals surface area contributed by atoms with E-state index in [1.807, 2.05) is 18.2 Å². The molecule has 17 nitrogen and oxygen atoms in total. The Morgan fingerprint density at radius 3 is 0.830 bits per heavy atom. The van der Waals surface area contributed by atoms with Crippen LogP contribution >= 0.6 is 15.6 Å². The van der Waals surface area contributed by atoms with Crippen molar-refractivity contribution in [1.82, 2.24) is 0 Å². The van der Waals surface area contributed by atoms with Crippen molar-refractivity contribution in [2.24, 2.45) is 0 Å². The average Bonchev–Trinajstić information content (AvgIpc) is 0.901. The summed E-state index contributed by atoms with van der Waals surface area (Å²) in [6, 6.07) is 0. The maximum atomic E-state index is 13.1. The molecule has 606 valence electrons. The zero-order valence-corrected chi connectivity index (χ0v) is 68.1. The van der Waals surface area contributed by atoms with E-state index in [4.69, 9.17) is 37.0 Å². The van der Waals surface area contributed by atoms with E-state index in [-0.39, 0.29) is 25.7 Å². The van der Waals surface area contributed by atoms with Crippen molar-refractivity contribution in [3.8, 4) is 0 Å². The van der Waals surface area contributed by atoms with Crippen molar-refractivity contribution in [3.63, 3.8) is 0 Å². The van der Waals surface area contributed by atoms with Gasteiger partial charge in [-0.2, -0.15) is 0 Å². The number of hydrogen-bond donors (Lipinski definition) is 3. The molecule has 0 aliphatic heterocycles. The SMILES string of the molecule is CC/C=C\C/C=C\C/C=C\C/C=C\C/C=C\C/C=C\CCC(=O)OCC(COP(=O)(O)OCC(O)COP(=O)(O)OCC(COC(=O)CCCCCCCC/C=C\C/C=C\C/C=C\CCCCC)OC(=O)CCCCCCC/C=C\C/C=C\C/C=C\CC)OC(=O)CCCCCCCCCCCCCCC. The fourth-order valence-electron chi connectivity index (χ4n) is 10.6. The number of allylic oxidation sites excluding steroid dienone is 24. The van der Waals surface area contributed by atoms with Crippen LogP contribution in [0.2, 0.25) is 0 Å². The van der Waals surface area contributed by atoms with Crippen molar-refractivity contribution in [3.05, 3.63) is 146 Å². The summed E-state index contributed by atoms with van der Waals surface area (Å²) in [6.45, 7) is 4.52. The predicted molar refractivity (Wildman–Crippen MR) is 436 cm³/mol. The van der Waals surface area contributed by atoms with Gasteiger partial charge in [0.05, 0.1) is 26.4 Å². The summed E-state index contributed by atoms with van der Waals surface area (Å²) >= 11 is 0. The van der Waals surface area contributed by atoms with Crippen LogP contribution in [-0.2, 0) is 65.4 Å². The van der Waals surface area contributed by atoms with E-state index >= 15 is 0 Å². The molecular formula is C87H146O17P2. The Kier molecular flexibility index (Phi) is 74.3. The summed E-state index contributed by atoms with van der Waals surface area (Å²) < 4.78 is 68.6. The molecule has 0 rings (SSSR count). The summed E-state index contributed by atoms with van der Waals surface area (Å²) in [5.74, 6) is -2.30. The average molecular weight is 1530 g/mol. The Bertz CT molecular complexity index is 2580. The number of unbranched alkanes of at least 4 members (excludes halogenated alkanes) is 26. The Balaban J connectivity index is 5.43. The third-order valence-electron chi connectivity index (χ3n) is 16.8. The molecule has 0 saturated carbocycles. The summed E-state index contributed by atoms with van der Waals surface area (Å²) in [6.07, 6.45) is 89.7. The van der Waals surface area contributed by atoms with Gasteiger partial charge in [0, 0.05) is 25.7 Å². The van der Waals surface area contributed by atoms with E-state index in [2.05, 4.69) is 155 Å². The van der Waals surface area contributed by atoms with E-state index in [1.54, 1.807) is 0 Å². The largest absolute Gasteiger partial charge is 0.472 e. The van der Waals surface area contributed by atoms with Crippen molar-refractivity contribution in [1.29, 1.82) is 0 Å². The molecule has 106 heavy (non-hydrogen) atoms. The summed E-state index contributed by atoms with van der Waals surface area (Å²) in [5, 5.41) is 10.7. The molecule has 0 aromatic carbocycles. The lowest BCUT2D eigenvalue weighted by Gasteiger charge is -2.21. The van der Waals surface area contributed by atoms with Gasteiger partial charge < -0.3 is 33.8 Å². The van der Waals surface area contributed by atoms with E-state index in [0.29, 0.717) is 32.1 Å². The smallest absolute Gasteiger partial charge is 0.462 e. The predicted octanol–water partition coefficient (Wildman–Crippen LogP) is 24.2. The monoisotopic (exact) mass is 1530 g/mol. The molecule has 0 amide bonds. The topological polar surface area (TPSA) is 237 Å². The normalized spacial score (nSPS) is 14.6. The molecular weight excluding hydrogens is 1380 g/mol. The first-order valence-electron chi connectivity index (χ1n) is 41.1. The van der Waals surface area contributed by atoms with Gasteiger partial charge in [-0.25, -0.2) is 9.13 Å². The highest BCUT2D eigenvalue weighted by Gasteiger charge is 2.30. The Morgan fingerprint density at radius 2 is 0.509 bits per heavy atom. The molecule has 0 heterocycles. The van der Waals surface area contributed by atoms with Crippen LogP contribution in [0.1, 0.15) is 323 Å². The summed E-state index contributed by atoms with van der Waals surface area (Å²) in [4.78, 5) is 73.1. The molecule has 0 radical (unpaired) electrons. The van der Waals surface area contributed by atoms with Crippen LogP contribution in [-0.4, -0.2) is 96.7 Å². The number of rotatable bonds is 76. The van der Waals surface area contributed by atoms with Gasteiger partial charge in [-0.05, 0) is 135 Å². The molecule has 0 aromatic rings. The lowest BCUT2D eigenvalue weighted by atomic mass is 10.0. The number of aliphatic hydroxyl groups is 1. The van der Waals surface area contributed by atoms with Gasteiger partial charge in [-0.3, -0.25) is 37.3 Å². The number of esters is 4. The molecule has 0 aromatic heterocycles. The molecule has 5 atom stereocenters. The van der Waals surface area contributed by atoms with E-state index < -0.39 is 97.5 Å². The van der Waals surface area contributed by atoms with Crippen LogP contribution in [0.25, 0.3) is 0 Å². The second kappa shape index (κ2) is 78.1. The second-order valence-electron chi connectivity index (χ2n) is 27.0. The van der Waals surface area contributed by atoms with Gasteiger partial charge >= 0.3 is 39.5 Å².